The van der Waals surface area contributed by atoms with Crippen molar-refractivity contribution >= 4 is 18.3 Å². The minimum absolute atomic E-state index is 0. The second-order valence-electron chi connectivity index (χ2n) is 4.68. The summed E-state index contributed by atoms with van der Waals surface area (Å²) in [5.74, 6) is 1.23. The topological polar surface area (TPSA) is 74.0 Å². The van der Waals surface area contributed by atoms with E-state index in [9.17, 15) is 4.79 Å². The molecule has 0 aromatic heterocycles. The van der Waals surface area contributed by atoms with E-state index in [-0.39, 0.29) is 24.4 Å². The lowest BCUT2D eigenvalue weighted by Gasteiger charge is -2.20. The highest BCUT2D eigenvalue weighted by Crippen LogP contribution is 2.40. The Balaban J connectivity index is 0.00000220. The highest BCUT2D eigenvalue weighted by atomic mass is 35.5. The maximum Gasteiger partial charge on any atom is 0.257 e. The van der Waals surface area contributed by atoms with Crippen LogP contribution in [-0.2, 0) is 0 Å². The minimum Gasteiger partial charge on any atom is -0.493 e. The van der Waals surface area contributed by atoms with Crippen LogP contribution in [0.15, 0.2) is 12.1 Å². The van der Waals surface area contributed by atoms with Crippen LogP contribution in [0.5, 0.6) is 17.2 Å². The standard InChI is InChI=1S/C14H20N2O4.ClH/c1-18-11-5-4-10(12(19-2)13(11)20-3)14(17)16-7-6-9(15)8-16;/h4-5,9H,6-8,15H2,1-3H3;1H/t9-;/m1./s1. The average Bonchev–Trinajstić information content (AvgIpc) is 2.91. The molecule has 1 aliphatic heterocycles. The van der Waals surface area contributed by atoms with Crippen LogP contribution >= 0.6 is 12.4 Å². The van der Waals surface area contributed by atoms with E-state index in [0.717, 1.165) is 6.42 Å². The maximum absolute atomic E-state index is 12.5. The SMILES string of the molecule is COc1ccc(C(=O)N2CC[C@@H](N)C2)c(OC)c1OC.Cl. The summed E-state index contributed by atoms with van der Waals surface area (Å²) < 4.78 is 15.8. The summed E-state index contributed by atoms with van der Waals surface area (Å²) in [5.41, 5.74) is 6.30. The van der Waals surface area contributed by atoms with Crippen molar-refractivity contribution in [2.45, 2.75) is 12.5 Å². The Morgan fingerprint density at radius 3 is 2.33 bits per heavy atom. The van der Waals surface area contributed by atoms with Crippen molar-refractivity contribution in [1.82, 2.24) is 4.90 Å². The van der Waals surface area contributed by atoms with E-state index in [1.165, 1.54) is 21.3 Å². The Morgan fingerprint density at radius 1 is 1.19 bits per heavy atom. The lowest BCUT2D eigenvalue weighted by molar-refractivity contribution is 0.0786. The van der Waals surface area contributed by atoms with Gasteiger partial charge in [-0.3, -0.25) is 4.79 Å². The zero-order chi connectivity index (χ0) is 14.7. The van der Waals surface area contributed by atoms with Crippen LogP contribution in [-0.4, -0.2) is 51.3 Å². The quantitative estimate of drug-likeness (QED) is 0.906. The van der Waals surface area contributed by atoms with Gasteiger partial charge in [0.05, 0.1) is 26.9 Å². The van der Waals surface area contributed by atoms with Crippen LogP contribution in [0.4, 0.5) is 0 Å². The lowest BCUT2D eigenvalue weighted by atomic mass is 10.1. The molecule has 1 saturated heterocycles. The number of nitrogens with two attached hydrogens (primary N) is 1. The number of rotatable bonds is 4. The van der Waals surface area contributed by atoms with E-state index >= 15 is 0 Å². The zero-order valence-corrected chi connectivity index (χ0v) is 13.2. The molecule has 2 rings (SSSR count). The number of methoxy groups -OCH3 is 3. The number of benzene rings is 1. The van der Waals surface area contributed by atoms with Crippen LogP contribution in [0.3, 0.4) is 0 Å². The van der Waals surface area contributed by atoms with E-state index in [1.807, 2.05) is 0 Å². The first-order valence-corrected chi connectivity index (χ1v) is 6.46. The van der Waals surface area contributed by atoms with Crippen LogP contribution in [0.25, 0.3) is 0 Å². The summed E-state index contributed by atoms with van der Waals surface area (Å²) >= 11 is 0. The van der Waals surface area contributed by atoms with Crippen molar-refractivity contribution in [3.63, 3.8) is 0 Å². The Kier molecular flexibility index (Phi) is 6.11. The molecule has 118 valence electrons. The van der Waals surface area contributed by atoms with E-state index < -0.39 is 0 Å². The van der Waals surface area contributed by atoms with E-state index in [4.69, 9.17) is 19.9 Å². The Hall–Kier alpha value is -1.66. The molecule has 0 spiro atoms. The average molecular weight is 317 g/mol. The number of carbonyl (C=O) groups excluding carboxylic acids is 1. The van der Waals surface area contributed by atoms with Crippen molar-refractivity contribution in [3.8, 4) is 17.2 Å². The second-order valence-corrected chi connectivity index (χ2v) is 4.68. The summed E-state index contributed by atoms with van der Waals surface area (Å²) in [5, 5.41) is 0. The molecule has 21 heavy (non-hydrogen) atoms. The molecule has 2 N–H and O–H groups in total. The zero-order valence-electron chi connectivity index (χ0n) is 12.4. The third kappa shape index (κ3) is 3.33. The first kappa shape index (κ1) is 17.4. The molecule has 1 heterocycles. The molecule has 0 radical (unpaired) electrons. The van der Waals surface area contributed by atoms with Gasteiger partial charge in [-0.25, -0.2) is 0 Å². The van der Waals surface area contributed by atoms with Gasteiger partial charge in [0, 0.05) is 19.1 Å². The van der Waals surface area contributed by atoms with Gasteiger partial charge in [-0.1, -0.05) is 0 Å². The van der Waals surface area contributed by atoms with Crippen molar-refractivity contribution in [3.05, 3.63) is 17.7 Å². The molecule has 0 aliphatic carbocycles. The molecule has 1 amide bonds. The summed E-state index contributed by atoms with van der Waals surface area (Å²) in [7, 11) is 4.56. The molecule has 6 nitrogen and oxygen atoms in total. The predicted octanol–water partition coefficient (Wildman–Crippen LogP) is 1.31. The fourth-order valence-corrected chi connectivity index (χ4v) is 2.41. The van der Waals surface area contributed by atoms with Gasteiger partial charge in [-0.2, -0.15) is 0 Å². The van der Waals surface area contributed by atoms with E-state index in [1.54, 1.807) is 17.0 Å². The Morgan fingerprint density at radius 2 is 1.86 bits per heavy atom. The number of amides is 1. The monoisotopic (exact) mass is 316 g/mol. The molecule has 7 heteroatoms. The van der Waals surface area contributed by atoms with Crippen LogP contribution < -0.4 is 19.9 Å². The van der Waals surface area contributed by atoms with Gasteiger partial charge in [0.1, 0.15) is 0 Å². The third-order valence-electron chi connectivity index (χ3n) is 3.45. The highest BCUT2D eigenvalue weighted by Gasteiger charge is 2.28. The Bertz CT molecular complexity index is 510. The van der Waals surface area contributed by atoms with Gasteiger partial charge in [0.2, 0.25) is 5.75 Å². The first-order chi connectivity index (χ1) is 9.62. The molecule has 1 aromatic carbocycles. The van der Waals surface area contributed by atoms with Crippen LogP contribution in [0.1, 0.15) is 16.8 Å². The number of nitrogens with zero attached hydrogens (tertiary/aromatic N) is 1. The Labute approximate surface area is 130 Å². The fraction of sp³-hybridized carbons (Fsp3) is 0.500. The number of carbonyl (C=O) groups is 1. The molecule has 1 atom stereocenters. The van der Waals surface area contributed by atoms with Gasteiger partial charge in [-0.15, -0.1) is 12.4 Å². The molecule has 1 aliphatic rings. The lowest BCUT2D eigenvalue weighted by Crippen LogP contribution is -2.32. The number of hydrogen-bond donors (Lipinski definition) is 1. The van der Waals surface area contributed by atoms with Crippen molar-refractivity contribution < 1.29 is 19.0 Å². The van der Waals surface area contributed by atoms with Gasteiger partial charge in [0.25, 0.3) is 5.91 Å². The maximum atomic E-state index is 12.5. The van der Waals surface area contributed by atoms with Crippen molar-refractivity contribution in [2.75, 3.05) is 34.4 Å². The second kappa shape index (κ2) is 7.38. The third-order valence-corrected chi connectivity index (χ3v) is 3.45. The van der Waals surface area contributed by atoms with E-state index in [0.29, 0.717) is 35.9 Å². The van der Waals surface area contributed by atoms with Crippen molar-refractivity contribution in [1.29, 1.82) is 0 Å². The predicted molar refractivity (Wildman–Crippen MR) is 81.8 cm³/mol. The number of halogens is 1. The number of likely N-dealkylation sites (tertiary alicyclic amines) is 1. The summed E-state index contributed by atoms with van der Waals surface area (Å²) in [6.07, 6.45) is 0.821. The van der Waals surface area contributed by atoms with E-state index in [2.05, 4.69) is 0 Å². The van der Waals surface area contributed by atoms with Gasteiger partial charge in [-0.05, 0) is 18.6 Å². The first-order valence-electron chi connectivity index (χ1n) is 6.46. The number of hydrogen-bond acceptors (Lipinski definition) is 5. The molecule has 0 saturated carbocycles. The normalized spacial score (nSPS) is 17.1. The smallest absolute Gasteiger partial charge is 0.257 e. The molecular formula is C14H21ClN2O4. The molecule has 0 unspecified atom stereocenters. The van der Waals surface area contributed by atoms with Crippen molar-refractivity contribution in [2.24, 2.45) is 5.73 Å². The van der Waals surface area contributed by atoms with Crippen LogP contribution in [0.2, 0.25) is 0 Å². The summed E-state index contributed by atoms with van der Waals surface area (Å²) in [6.45, 7) is 1.23. The number of ether oxygens (including phenoxy) is 3. The minimum atomic E-state index is -0.101. The van der Waals surface area contributed by atoms with Gasteiger partial charge < -0.3 is 24.8 Å². The highest BCUT2D eigenvalue weighted by molar-refractivity contribution is 5.98. The fourth-order valence-electron chi connectivity index (χ4n) is 2.41. The summed E-state index contributed by atoms with van der Waals surface area (Å²) in [6, 6.07) is 3.43. The summed E-state index contributed by atoms with van der Waals surface area (Å²) in [4.78, 5) is 14.3. The molecule has 1 aromatic rings. The van der Waals surface area contributed by atoms with Gasteiger partial charge in [0.15, 0.2) is 11.5 Å². The van der Waals surface area contributed by atoms with Crippen LogP contribution in [0, 0.1) is 0 Å². The largest absolute Gasteiger partial charge is 0.493 e. The molecule has 1 fully saturated rings. The molecular weight excluding hydrogens is 296 g/mol. The van der Waals surface area contributed by atoms with Gasteiger partial charge >= 0.3 is 0 Å². The molecule has 0 bridgehead atoms.